The monoisotopic (exact) mass is 389 g/mol. The van der Waals surface area contributed by atoms with Crippen LogP contribution in [0.4, 0.5) is 0 Å². The topological polar surface area (TPSA) is 0 Å². The Morgan fingerprint density at radius 1 is 1.11 bits per heavy atom. The van der Waals surface area contributed by atoms with Gasteiger partial charge in [0.1, 0.15) is 0 Å². The van der Waals surface area contributed by atoms with Crippen LogP contribution in [0.2, 0.25) is 0 Å². The Morgan fingerprint density at radius 3 is 2.37 bits per heavy atom. The average Bonchev–Trinajstić information content (AvgIpc) is 2.47. The number of benzene rings is 1. The van der Waals surface area contributed by atoms with Gasteiger partial charge in [-0.1, -0.05) is 24.6 Å². The zero-order valence-electron chi connectivity index (χ0n) is 12.5. The SMILES string of the molecule is CC[P+](C)(CC)C1CCCCC1c1ccccc1I. The van der Waals surface area contributed by atoms with Crippen molar-refractivity contribution in [3.05, 3.63) is 33.4 Å². The van der Waals surface area contributed by atoms with E-state index in [1.165, 1.54) is 41.6 Å². The molecule has 1 aromatic carbocycles. The maximum atomic E-state index is 2.63. The van der Waals surface area contributed by atoms with Crippen molar-refractivity contribution in [1.82, 2.24) is 0 Å². The fourth-order valence-corrected chi connectivity index (χ4v) is 7.85. The van der Waals surface area contributed by atoms with Crippen LogP contribution in [-0.4, -0.2) is 24.6 Å². The van der Waals surface area contributed by atoms with Gasteiger partial charge in [0.25, 0.3) is 0 Å². The van der Waals surface area contributed by atoms with Gasteiger partial charge in [-0.25, -0.2) is 0 Å². The van der Waals surface area contributed by atoms with Gasteiger partial charge in [0.2, 0.25) is 0 Å². The van der Waals surface area contributed by atoms with Gasteiger partial charge in [0.05, 0.1) is 18.0 Å². The van der Waals surface area contributed by atoms with E-state index >= 15 is 0 Å². The van der Waals surface area contributed by atoms with E-state index in [0.29, 0.717) is 0 Å². The van der Waals surface area contributed by atoms with Crippen molar-refractivity contribution in [2.45, 2.75) is 51.1 Å². The summed E-state index contributed by atoms with van der Waals surface area (Å²) >= 11 is 2.54. The maximum absolute atomic E-state index is 2.63. The molecule has 0 radical (unpaired) electrons. The molecule has 0 amide bonds. The first-order valence-corrected chi connectivity index (χ1v) is 11.5. The largest absolute Gasteiger partial charge is 0.0763 e. The summed E-state index contributed by atoms with van der Waals surface area (Å²) in [7, 11) is -0.751. The van der Waals surface area contributed by atoms with Gasteiger partial charge in [0, 0.05) is 23.4 Å². The molecule has 0 aliphatic heterocycles. The Bertz CT molecular complexity index is 411. The minimum atomic E-state index is -0.751. The van der Waals surface area contributed by atoms with Gasteiger partial charge in [-0.3, -0.25) is 0 Å². The van der Waals surface area contributed by atoms with Gasteiger partial charge >= 0.3 is 0 Å². The summed E-state index contributed by atoms with van der Waals surface area (Å²) in [5.74, 6) is 0.833. The van der Waals surface area contributed by atoms with E-state index in [0.717, 1.165) is 11.6 Å². The molecule has 0 heterocycles. The molecule has 2 unspecified atom stereocenters. The molecule has 0 bridgehead atoms. The van der Waals surface area contributed by atoms with E-state index in [4.69, 9.17) is 0 Å². The fraction of sp³-hybridized carbons (Fsp3) is 0.647. The van der Waals surface area contributed by atoms with Crippen LogP contribution in [0.25, 0.3) is 0 Å². The van der Waals surface area contributed by atoms with Gasteiger partial charge in [-0.2, -0.15) is 0 Å². The highest BCUT2D eigenvalue weighted by Gasteiger charge is 2.44. The zero-order chi connectivity index (χ0) is 13.9. The molecule has 1 saturated carbocycles. The molecule has 1 aliphatic carbocycles. The lowest BCUT2D eigenvalue weighted by molar-refractivity contribution is 0.447. The number of hydrogen-bond donors (Lipinski definition) is 0. The summed E-state index contributed by atoms with van der Waals surface area (Å²) in [5, 5.41) is 0. The summed E-state index contributed by atoms with van der Waals surface area (Å²) in [4.78, 5) is 0. The van der Waals surface area contributed by atoms with Crippen LogP contribution in [0.15, 0.2) is 24.3 Å². The normalized spacial score (nSPS) is 24.4. The smallest absolute Gasteiger partial charge is 0.0619 e. The summed E-state index contributed by atoms with van der Waals surface area (Å²) in [6.07, 6.45) is 8.63. The van der Waals surface area contributed by atoms with Crippen LogP contribution < -0.4 is 0 Å². The molecule has 0 saturated heterocycles. The number of hydrogen-bond acceptors (Lipinski definition) is 0. The third kappa shape index (κ3) is 3.35. The van der Waals surface area contributed by atoms with Crippen LogP contribution in [-0.2, 0) is 0 Å². The Balaban J connectivity index is 2.33. The molecule has 106 valence electrons. The molecule has 0 spiro atoms. The molecule has 0 N–H and O–H groups in total. The predicted molar refractivity (Wildman–Crippen MR) is 98.1 cm³/mol. The van der Waals surface area contributed by atoms with Crippen molar-refractivity contribution < 1.29 is 0 Å². The summed E-state index contributed by atoms with van der Waals surface area (Å²) in [5.41, 5.74) is 2.62. The van der Waals surface area contributed by atoms with Crippen molar-refractivity contribution in [2.24, 2.45) is 0 Å². The highest BCUT2D eigenvalue weighted by Crippen LogP contribution is 2.65. The number of rotatable bonds is 4. The van der Waals surface area contributed by atoms with E-state index in [1.807, 2.05) is 0 Å². The molecule has 2 atom stereocenters. The van der Waals surface area contributed by atoms with Gasteiger partial charge in [-0.15, -0.1) is 0 Å². The third-order valence-corrected chi connectivity index (χ3v) is 11.4. The van der Waals surface area contributed by atoms with Gasteiger partial charge in [-0.05, 0) is 67.3 Å². The van der Waals surface area contributed by atoms with E-state index in [9.17, 15) is 0 Å². The molecule has 1 aromatic rings. The van der Waals surface area contributed by atoms with Gasteiger partial charge in [0.15, 0.2) is 0 Å². The second-order valence-electron chi connectivity index (χ2n) is 6.09. The van der Waals surface area contributed by atoms with Crippen molar-refractivity contribution >= 4 is 29.9 Å². The second kappa shape index (κ2) is 6.89. The molecule has 2 rings (SSSR count). The Labute approximate surface area is 133 Å². The van der Waals surface area contributed by atoms with Crippen LogP contribution >= 0.6 is 29.9 Å². The van der Waals surface area contributed by atoms with Crippen molar-refractivity contribution in [1.29, 1.82) is 0 Å². The highest BCUT2D eigenvalue weighted by molar-refractivity contribution is 14.1. The molecule has 2 heteroatoms. The molecule has 1 fully saturated rings. The number of halogens is 1. The molecule has 0 aromatic heterocycles. The molecule has 1 aliphatic rings. The molecule has 19 heavy (non-hydrogen) atoms. The van der Waals surface area contributed by atoms with Crippen LogP contribution in [0.1, 0.15) is 51.0 Å². The first kappa shape index (κ1) is 15.8. The molecular weight excluding hydrogens is 362 g/mol. The van der Waals surface area contributed by atoms with Gasteiger partial charge < -0.3 is 0 Å². The standard InChI is InChI=1S/C17H27IP/c1-4-19(3,5-2)17-13-9-7-11-15(17)14-10-6-8-12-16(14)18/h6,8,10,12,15,17H,4-5,7,9,11,13H2,1-3H3/q+1. The first-order chi connectivity index (χ1) is 9.12. The summed E-state index contributed by atoms with van der Waals surface area (Å²) < 4.78 is 1.48. The van der Waals surface area contributed by atoms with Crippen LogP contribution in [0.3, 0.4) is 0 Å². The minimum Gasteiger partial charge on any atom is -0.0619 e. The summed E-state index contributed by atoms with van der Waals surface area (Å²) in [6, 6.07) is 9.09. The Morgan fingerprint density at radius 2 is 1.74 bits per heavy atom. The molecule has 0 nitrogen and oxygen atoms in total. The average molecular weight is 389 g/mol. The lowest BCUT2D eigenvalue weighted by Crippen LogP contribution is -2.28. The van der Waals surface area contributed by atoms with E-state index < -0.39 is 7.26 Å². The quantitative estimate of drug-likeness (QED) is 0.437. The van der Waals surface area contributed by atoms with E-state index in [1.54, 1.807) is 5.56 Å². The predicted octanol–water partition coefficient (Wildman–Crippen LogP) is 6.00. The molecular formula is C17H27IP+. The van der Waals surface area contributed by atoms with Crippen LogP contribution in [0, 0.1) is 3.57 Å². The zero-order valence-corrected chi connectivity index (χ0v) is 15.6. The highest BCUT2D eigenvalue weighted by atomic mass is 127. The fourth-order valence-electron chi connectivity index (χ4n) is 3.69. The van der Waals surface area contributed by atoms with Crippen molar-refractivity contribution in [2.75, 3.05) is 19.0 Å². The lowest BCUT2D eigenvalue weighted by atomic mass is 9.83. The minimum absolute atomic E-state index is 0.751. The maximum Gasteiger partial charge on any atom is 0.0763 e. The van der Waals surface area contributed by atoms with Crippen LogP contribution in [0.5, 0.6) is 0 Å². The van der Waals surface area contributed by atoms with E-state index in [-0.39, 0.29) is 0 Å². The third-order valence-electron chi connectivity index (χ3n) is 5.28. The summed E-state index contributed by atoms with van der Waals surface area (Å²) in [6.45, 7) is 7.49. The lowest BCUT2D eigenvalue weighted by Gasteiger charge is -2.39. The second-order valence-corrected chi connectivity index (χ2v) is 12.1. The first-order valence-electron chi connectivity index (χ1n) is 7.71. The van der Waals surface area contributed by atoms with Crippen molar-refractivity contribution in [3.8, 4) is 0 Å². The van der Waals surface area contributed by atoms with E-state index in [2.05, 4.69) is 67.4 Å². The Kier molecular flexibility index (Phi) is 5.72. The van der Waals surface area contributed by atoms with Crippen molar-refractivity contribution in [3.63, 3.8) is 0 Å². The Hall–Kier alpha value is 0.380.